The highest BCUT2D eigenvalue weighted by Gasteiger charge is 2.13. The Morgan fingerprint density at radius 3 is 2.77 bits per heavy atom. The first-order valence-corrected chi connectivity index (χ1v) is 7.03. The van der Waals surface area contributed by atoms with Gasteiger partial charge in [0.15, 0.2) is 0 Å². The largest absolute Gasteiger partial charge is 0.459 e. The molecular formula is C15H17N3O4. The maximum atomic E-state index is 11.3. The molecule has 1 heterocycles. The third-order valence-electron chi connectivity index (χ3n) is 2.81. The van der Waals surface area contributed by atoms with E-state index < -0.39 is 11.9 Å². The Morgan fingerprint density at radius 2 is 2.05 bits per heavy atom. The van der Waals surface area contributed by atoms with Crippen molar-refractivity contribution >= 4 is 11.9 Å². The van der Waals surface area contributed by atoms with Gasteiger partial charge in [-0.3, -0.25) is 4.79 Å². The molecule has 0 saturated carbocycles. The van der Waals surface area contributed by atoms with Crippen molar-refractivity contribution in [1.82, 2.24) is 15.5 Å². The first-order valence-electron chi connectivity index (χ1n) is 7.03. The van der Waals surface area contributed by atoms with Gasteiger partial charge in [-0.05, 0) is 13.3 Å². The minimum absolute atomic E-state index is 0.177. The number of benzene rings is 1. The van der Waals surface area contributed by atoms with E-state index >= 15 is 0 Å². The van der Waals surface area contributed by atoms with E-state index in [1.165, 1.54) is 0 Å². The number of hydrogen-bond acceptors (Lipinski definition) is 6. The molecule has 0 unspecified atom stereocenters. The number of carbonyl (C=O) groups is 2. The molecular weight excluding hydrogens is 286 g/mol. The van der Waals surface area contributed by atoms with E-state index in [2.05, 4.69) is 20.2 Å². The zero-order valence-corrected chi connectivity index (χ0v) is 12.2. The van der Waals surface area contributed by atoms with Crippen LogP contribution in [-0.2, 0) is 20.7 Å². The zero-order chi connectivity index (χ0) is 15.8. The van der Waals surface area contributed by atoms with E-state index in [-0.39, 0.29) is 6.61 Å². The fourth-order valence-corrected chi connectivity index (χ4v) is 1.77. The molecule has 1 aromatic carbocycles. The van der Waals surface area contributed by atoms with Gasteiger partial charge in [0, 0.05) is 18.5 Å². The van der Waals surface area contributed by atoms with Gasteiger partial charge < -0.3 is 14.6 Å². The average Bonchev–Trinajstić information content (AvgIpc) is 3.01. The summed E-state index contributed by atoms with van der Waals surface area (Å²) in [7, 11) is 0. The first kappa shape index (κ1) is 15.7. The number of aromatic nitrogens is 2. The summed E-state index contributed by atoms with van der Waals surface area (Å²) in [5, 5.41) is 6.38. The Balaban J connectivity index is 1.75. The quantitative estimate of drug-likeness (QED) is 0.492. The van der Waals surface area contributed by atoms with E-state index in [9.17, 15) is 9.59 Å². The molecule has 0 aliphatic heterocycles. The lowest BCUT2D eigenvalue weighted by Gasteiger charge is -2.02. The number of ether oxygens (including phenoxy) is 1. The van der Waals surface area contributed by atoms with Gasteiger partial charge in [0.05, 0.1) is 6.61 Å². The Bertz CT molecular complexity index is 625. The smallest absolute Gasteiger partial charge is 0.396 e. The highest BCUT2D eigenvalue weighted by Crippen LogP contribution is 2.15. The van der Waals surface area contributed by atoms with Crippen molar-refractivity contribution in [3.05, 3.63) is 36.2 Å². The molecule has 0 radical (unpaired) electrons. The van der Waals surface area contributed by atoms with Crippen LogP contribution < -0.4 is 5.32 Å². The molecule has 0 atom stereocenters. The number of nitrogens with zero attached hydrogens (tertiary/aromatic N) is 2. The van der Waals surface area contributed by atoms with Crippen LogP contribution >= 0.6 is 0 Å². The van der Waals surface area contributed by atoms with E-state index in [1.807, 2.05) is 30.3 Å². The number of carbonyl (C=O) groups excluding carboxylic acids is 2. The normalized spacial score (nSPS) is 10.2. The second-order valence-electron chi connectivity index (χ2n) is 4.46. The summed E-state index contributed by atoms with van der Waals surface area (Å²) in [5.74, 6) is -0.584. The maximum absolute atomic E-state index is 11.3. The van der Waals surface area contributed by atoms with Gasteiger partial charge in [0.1, 0.15) is 0 Å². The third kappa shape index (κ3) is 4.41. The molecule has 0 fully saturated rings. The Labute approximate surface area is 127 Å². The molecule has 0 aliphatic carbocycles. The molecule has 0 saturated heterocycles. The zero-order valence-electron chi connectivity index (χ0n) is 12.2. The summed E-state index contributed by atoms with van der Waals surface area (Å²) in [6, 6.07) is 9.51. The molecule has 22 heavy (non-hydrogen) atoms. The maximum Gasteiger partial charge on any atom is 0.396 e. The predicted octanol–water partition coefficient (Wildman–Crippen LogP) is 1.35. The van der Waals surface area contributed by atoms with Crippen LogP contribution in [0.4, 0.5) is 0 Å². The lowest BCUT2D eigenvalue weighted by molar-refractivity contribution is -0.154. The summed E-state index contributed by atoms with van der Waals surface area (Å²) in [6.45, 7) is 2.16. The molecule has 0 bridgehead atoms. The van der Waals surface area contributed by atoms with Crippen LogP contribution in [0.1, 0.15) is 19.2 Å². The van der Waals surface area contributed by atoms with Crippen LogP contribution in [0.25, 0.3) is 11.4 Å². The lowest BCUT2D eigenvalue weighted by atomic mass is 10.2. The summed E-state index contributed by atoms with van der Waals surface area (Å²) in [6.07, 6.45) is 1.10. The molecule has 0 spiro atoms. The van der Waals surface area contributed by atoms with Crippen LogP contribution in [0.5, 0.6) is 0 Å². The summed E-state index contributed by atoms with van der Waals surface area (Å²) < 4.78 is 9.73. The number of nitrogens with one attached hydrogen (secondary N) is 1. The fraction of sp³-hybridized carbons (Fsp3) is 0.333. The Hall–Kier alpha value is -2.70. The van der Waals surface area contributed by atoms with Gasteiger partial charge in [0.2, 0.25) is 11.7 Å². The van der Waals surface area contributed by atoms with Crippen molar-refractivity contribution in [2.75, 3.05) is 13.2 Å². The topological polar surface area (TPSA) is 94.3 Å². The van der Waals surface area contributed by atoms with Crippen LogP contribution in [0, 0.1) is 0 Å². The van der Waals surface area contributed by atoms with Gasteiger partial charge in [-0.15, -0.1) is 0 Å². The van der Waals surface area contributed by atoms with Gasteiger partial charge in [-0.1, -0.05) is 35.5 Å². The van der Waals surface area contributed by atoms with Gasteiger partial charge in [-0.25, -0.2) is 4.79 Å². The second-order valence-corrected chi connectivity index (χ2v) is 4.46. The first-order chi connectivity index (χ1) is 10.7. The third-order valence-corrected chi connectivity index (χ3v) is 2.81. The molecule has 0 aliphatic rings. The number of aryl methyl sites for hydroxylation is 1. The van der Waals surface area contributed by atoms with Crippen LogP contribution in [-0.4, -0.2) is 35.2 Å². The number of hydrogen-bond donors (Lipinski definition) is 1. The number of amides is 1. The van der Waals surface area contributed by atoms with Crippen LogP contribution in [0.15, 0.2) is 34.9 Å². The number of esters is 1. The van der Waals surface area contributed by atoms with Gasteiger partial charge >= 0.3 is 11.9 Å². The van der Waals surface area contributed by atoms with Gasteiger partial charge in [0.25, 0.3) is 0 Å². The summed E-state index contributed by atoms with van der Waals surface area (Å²) >= 11 is 0. The van der Waals surface area contributed by atoms with Crippen molar-refractivity contribution < 1.29 is 18.8 Å². The number of rotatable bonds is 6. The lowest BCUT2D eigenvalue weighted by Crippen LogP contribution is -2.33. The molecule has 7 nitrogen and oxygen atoms in total. The molecule has 7 heteroatoms. The molecule has 2 aromatic rings. The molecule has 1 aromatic heterocycles. The minimum atomic E-state index is -0.869. The van der Waals surface area contributed by atoms with Crippen LogP contribution in [0.3, 0.4) is 0 Å². The monoisotopic (exact) mass is 303 g/mol. The molecule has 1 amide bonds. The second kappa shape index (κ2) is 7.92. The van der Waals surface area contributed by atoms with Crippen molar-refractivity contribution in [1.29, 1.82) is 0 Å². The van der Waals surface area contributed by atoms with Crippen molar-refractivity contribution in [3.63, 3.8) is 0 Å². The van der Waals surface area contributed by atoms with E-state index in [1.54, 1.807) is 6.92 Å². The SMILES string of the molecule is CCOC(=O)C(=O)NCCCc1nc(-c2ccccc2)no1. The van der Waals surface area contributed by atoms with E-state index in [0.717, 1.165) is 5.56 Å². The van der Waals surface area contributed by atoms with Crippen molar-refractivity contribution in [2.45, 2.75) is 19.8 Å². The highest BCUT2D eigenvalue weighted by molar-refractivity contribution is 6.32. The standard InChI is InChI=1S/C15H17N3O4/c1-2-21-15(20)14(19)16-10-6-9-12-17-13(18-22-12)11-7-4-3-5-8-11/h3-5,7-8H,2,6,9-10H2,1H3,(H,16,19). The van der Waals surface area contributed by atoms with Crippen molar-refractivity contribution in [2.24, 2.45) is 0 Å². The fourth-order valence-electron chi connectivity index (χ4n) is 1.77. The molecule has 116 valence electrons. The average molecular weight is 303 g/mol. The Kier molecular flexibility index (Phi) is 5.65. The Morgan fingerprint density at radius 1 is 1.27 bits per heavy atom. The van der Waals surface area contributed by atoms with Crippen molar-refractivity contribution in [3.8, 4) is 11.4 Å². The summed E-state index contributed by atoms with van der Waals surface area (Å²) in [5.41, 5.74) is 0.883. The van der Waals surface area contributed by atoms with Gasteiger partial charge in [-0.2, -0.15) is 4.98 Å². The highest BCUT2D eigenvalue weighted by atomic mass is 16.5. The predicted molar refractivity (Wildman–Crippen MR) is 77.7 cm³/mol. The minimum Gasteiger partial charge on any atom is -0.459 e. The molecule has 1 N–H and O–H groups in total. The molecule has 2 rings (SSSR count). The van der Waals surface area contributed by atoms with E-state index in [4.69, 9.17) is 4.52 Å². The van der Waals surface area contributed by atoms with Crippen LogP contribution in [0.2, 0.25) is 0 Å². The summed E-state index contributed by atoms with van der Waals surface area (Å²) in [4.78, 5) is 26.7. The van der Waals surface area contributed by atoms with E-state index in [0.29, 0.717) is 31.1 Å².